The minimum Gasteiger partial charge on any atom is -0.366 e. The number of aromatic nitrogens is 5. The third-order valence-electron chi connectivity index (χ3n) is 6.39. The molecule has 1 N–H and O–H groups in total. The lowest BCUT2D eigenvalue weighted by atomic mass is 10.1. The molecule has 0 aliphatic carbocycles. The van der Waals surface area contributed by atoms with Crippen molar-refractivity contribution >= 4 is 23.2 Å². The van der Waals surface area contributed by atoms with E-state index in [1.54, 1.807) is 29.5 Å². The van der Waals surface area contributed by atoms with E-state index in [9.17, 15) is 4.79 Å². The van der Waals surface area contributed by atoms with Gasteiger partial charge in [0.2, 0.25) is 0 Å². The Balaban J connectivity index is 1.33. The van der Waals surface area contributed by atoms with Gasteiger partial charge in [-0.3, -0.25) is 19.5 Å². The number of rotatable bonds is 3. The van der Waals surface area contributed by atoms with Gasteiger partial charge in [0.25, 0.3) is 0 Å². The Morgan fingerprint density at radius 1 is 1.09 bits per heavy atom. The molecule has 0 spiro atoms. The average Bonchev–Trinajstić information content (AvgIpc) is 3.46. The van der Waals surface area contributed by atoms with E-state index in [1.807, 2.05) is 49.3 Å². The first-order chi connectivity index (χ1) is 16.5. The van der Waals surface area contributed by atoms with Crippen LogP contribution in [0.15, 0.2) is 61.3 Å². The van der Waals surface area contributed by atoms with Crippen LogP contribution in [0.2, 0.25) is 0 Å². The van der Waals surface area contributed by atoms with Gasteiger partial charge in [-0.15, -0.1) is 0 Å². The summed E-state index contributed by atoms with van der Waals surface area (Å²) in [5.41, 5.74) is 6.19. The van der Waals surface area contributed by atoms with Gasteiger partial charge < -0.3 is 10.2 Å². The predicted molar refractivity (Wildman–Crippen MR) is 131 cm³/mol. The number of aryl methyl sites for hydroxylation is 2. The number of amides is 2. The SMILES string of the molecule is Cc1cc(-c2ccc3c(n2)N(C(=O)Nc2cncc(-c4cnn(C)c4)c2)C2CCN3C2)ccn1. The monoisotopic (exact) mass is 452 g/mol. The Labute approximate surface area is 197 Å². The fourth-order valence-electron chi connectivity index (χ4n) is 4.76. The summed E-state index contributed by atoms with van der Waals surface area (Å²) in [7, 11) is 1.87. The molecule has 170 valence electrons. The fraction of sp³-hybridized carbons (Fsp3) is 0.240. The van der Waals surface area contributed by atoms with Gasteiger partial charge >= 0.3 is 6.03 Å². The maximum absolute atomic E-state index is 13.6. The topological polar surface area (TPSA) is 92.1 Å². The second-order valence-electron chi connectivity index (χ2n) is 8.78. The average molecular weight is 453 g/mol. The molecule has 4 aromatic heterocycles. The molecular formula is C25H24N8O. The van der Waals surface area contributed by atoms with Gasteiger partial charge in [0.1, 0.15) is 0 Å². The maximum atomic E-state index is 13.6. The number of urea groups is 1. The van der Waals surface area contributed by atoms with Crippen molar-refractivity contribution in [3.63, 3.8) is 0 Å². The summed E-state index contributed by atoms with van der Waals surface area (Å²) in [5.74, 6) is 0.689. The van der Waals surface area contributed by atoms with Gasteiger partial charge in [0.15, 0.2) is 5.82 Å². The zero-order valence-electron chi connectivity index (χ0n) is 19.0. The van der Waals surface area contributed by atoms with Crippen molar-refractivity contribution in [1.29, 1.82) is 0 Å². The second kappa shape index (κ2) is 7.95. The van der Waals surface area contributed by atoms with E-state index < -0.39 is 0 Å². The molecule has 2 aliphatic heterocycles. The van der Waals surface area contributed by atoms with Crippen LogP contribution in [0.3, 0.4) is 0 Å². The summed E-state index contributed by atoms with van der Waals surface area (Å²) in [6, 6.07) is 9.82. The van der Waals surface area contributed by atoms with Crippen molar-refractivity contribution in [3.05, 3.63) is 67.0 Å². The lowest BCUT2D eigenvalue weighted by molar-refractivity contribution is 0.255. The van der Waals surface area contributed by atoms with E-state index in [4.69, 9.17) is 4.98 Å². The van der Waals surface area contributed by atoms with Crippen molar-refractivity contribution < 1.29 is 4.79 Å². The van der Waals surface area contributed by atoms with Crippen molar-refractivity contribution in [3.8, 4) is 22.4 Å². The molecular weight excluding hydrogens is 428 g/mol. The number of nitrogens with one attached hydrogen (secondary N) is 1. The zero-order chi connectivity index (χ0) is 23.2. The molecule has 2 aliphatic rings. The number of carbonyl (C=O) groups is 1. The minimum absolute atomic E-state index is 0.0730. The van der Waals surface area contributed by atoms with Gasteiger partial charge in [0, 0.05) is 61.1 Å². The number of fused-ring (bicyclic) bond motifs is 4. The Morgan fingerprint density at radius 3 is 2.82 bits per heavy atom. The zero-order valence-corrected chi connectivity index (χ0v) is 19.0. The van der Waals surface area contributed by atoms with Crippen molar-refractivity contribution in [2.45, 2.75) is 19.4 Å². The summed E-state index contributed by atoms with van der Waals surface area (Å²) in [4.78, 5) is 31.2. The molecule has 0 saturated carbocycles. The third kappa shape index (κ3) is 3.55. The molecule has 9 heteroatoms. The smallest absolute Gasteiger partial charge is 0.327 e. The lowest BCUT2D eigenvalue weighted by Gasteiger charge is -2.36. The predicted octanol–water partition coefficient (Wildman–Crippen LogP) is 3.88. The first-order valence-electron chi connectivity index (χ1n) is 11.3. The molecule has 1 saturated heterocycles. The first kappa shape index (κ1) is 20.3. The number of hydrogen-bond acceptors (Lipinski definition) is 6. The number of anilines is 3. The number of pyridine rings is 3. The Kier molecular flexibility index (Phi) is 4.75. The Morgan fingerprint density at radius 2 is 2.00 bits per heavy atom. The number of carbonyl (C=O) groups excluding carboxylic acids is 1. The van der Waals surface area contributed by atoms with Crippen molar-refractivity contribution in [1.82, 2.24) is 24.7 Å². The lowest BCUT2D eigenvalue weighted by Crippen LogP contribution is -2.48. The van der Waals surface area contributed by atoms with Crippen molar-refractivity contribution in [2.24, 2.45) is 7.05 Å². The van der Waals surface area contributed by atoms with Gasteiger partial charge in [-0.05, 0) is 43.7 Å². The highest BCUT2D eigenvalue weighted by molar-refractivity contribution is 6.05. The molecule has 4 aromatic rings. The molecule has 0 aromatic carbocycles. The Hall–Kier alpha value is -4.27. The highest BCUT2D eigenvalue weighted by atomic mass is 16.2. The summed E-state index contributed by atoms with van der Waals surface area (Å²) in [6.45, 7) is 3.68. The van der Waals surface area contributed by atoms with Crippen LogP contribution in [0.25, 0.3) is 22.4 Å². The van der Waals surface area contributed by atoms with Gasteiger partial charge in [-0.2, -0.15) is 5.10 Å². The molecule has 1 unspecified atom stereocenters. The van der Waals surface area contributed by atoms with E-state index in [1.165, 1.54) is 0 Å². The highest BCUT2D eigenvalue weighted by Gasteiger charge is 2.40. The fourth-order valence-corrected chi connectivity index (χ4v) is 4.76. The third-order valence-corrected chi connectivity index (χ3v) is 6.39. The number of hydrogen-bond donors (Lipinski definition) is 1. The van der Waals surface area contributed by atoms with Crippen LogP contribution in [0.1, 0.15) is 12.1 Å². The molecule has 6 rings (SSSR count). The van der Waals surface area contributed by atoms with Crippen LogP contribution < -0.4 is 15.1 Å². The van der Waals surface area contributed by atoms with E-state index in [2.05, 4.69) is 31.3 Å². The van der Waals surface area contributed by atoms with E-state index in [0.29, 0.717) is 11.5 Å². The van der Waals surface area contributed by atoms with Gasteiger partial charge in [-0.25, -0.2) is 9.78 Å². The normalized spacial score (nSPS) is 16.5. The molecule has 2 amide bonds. The molecule has 1 fully saturated rings. The summed E-state index contributed by atoms with van der Waals surface area (Å²) in [5, 5.41) is 7.27. The van der Waals surface area contributed by atoms with Crippen LogP contribution >= 0.6 is 0 Å². The summed E-state index contributed by atoms with van der Waals surface area (Å²) >= 11 is 0. The van der Waals surface area contributed by atoms with Gasteiger partial charge in [0.05, 0.1) is 35.5 Å². The van der Waals surface area contributed by atoms with Gasteiger partial charge in [-0.1, -0.05) is 0 Å². The van der Waals surface area contributed by atoms with Crippen LogP contribution in [0.5, 0.6) is 0 Å². The van der Waals surface area contributed by atoms with Crippen molar-refractivity contribution in [2.75, 3.05) is 28.2 Å². The second-order valence-corrected chi connectivity index (χ2v) is 8.78. The maximum Gasteiger partial charge on any atom is 0.327 e. The summed E-state index contributed by atoms with van der Waals surface area (Å²) < 4.78 is 1.74. The standard InChI is InChI=1S/C25H24N8O/c1-16-9-17(5-7-27-16)22-3-4-23-24(30-22)33(21-6-8-32(23)15-21)25(34)29-20-10-18(11-26-13-20)19-12-28-31(2)14-19/h3-5,7,9-14,21H,6,8,15H2,1-2H3,(H,29,34). The first-order valence-corrected chi connectivity index (χ1v) is 11.3. The highest BCUT2D eigenvalue weighted by Crippen LogP contribution is 2.40. The molecule has 6 heterocycles. The number of nitrogens with zero attached hydrogens (tertiary/aromatic N) is 7. The molecule has 1 atom stereocenters. The molecule has 2 bridgehead atoms. The molecule has 9 nitrogen and oxygen atoms in total. The minimum atomic E-state index is -0.200. The quantitative estimate of drug-likeness (QED) is 0.507. The summed E-state index contributed by atoms with van der Waals surface area (Å²) in [6.07, 6.45) is 9.81. The van der Waals surface area contributed by atoms with E-state index in [-0.39, 0.29) is 12.1 Å². The van der Waals surface area contributed by atoms with Crippen LogP contribution in [0.4, 0.5) is 22.0 Å². The largest absolute Gasteiger partial charge is 0.366 e. The van der Waals surface area contributed by atoms with Crippen LogP contribution in [0, 0.1) is 6.92 Å². The van der Waals surface area contributed by atoms with E-state index >= 15 is 0 Å². The Bertz CT molecular complexity index is 1400. The van der Waals surface area contributed by atoms with E-state index in [0.717, 1.165) is 53.3 Å². The molecule has 34 heavy (non-hydrogen) atoms. The van der Waals surface area contributed by atoms with Crippen LogP contribution in [-0.4, -0.2) is 49.9 Å². The molecule has 0 radical (unpaired) electrons. The van der Waals surface area contributed by atoms with Crippen LogP contribution in [-0.2, 0) is 7.05 Å².